The van der Waals surface area contributed by atoms with E-state index in [0.29, 0.717) is 0 Å². The van der Waals surface area contributed by atoms with Crippen LogP contribution in [0.5, 0.6) is 0 Å². The van der Waals surface area contributed by atoms with Crippen LogP contribution in [-0.2, 0) is 0 Å². The van der Waals surface area contributed by atoms with Crippen molar-refractivity contribution in [3.05, 3.63) is 133 Å². The van der Waals surface area contributed by atoms with Crippen molar-refractivity contribution in [3.8, 4) is 22.3 Å². The Morgan fingerprint density at radius 2 is 1.00 bits per heavy atom. The minimum absolute atomic E-state index is 1.26. The zero-order valence-electron chi connectivity index (χ0n) is 21.5. The van der Waals surface area contributed by atoms with E-state index in [9.17, 15) is 0 Å². The first-order chi connectivity index (χ1) is 19.8. The second-order valence-corrected chi connectivity index (χ2v) is 12.5. The number of hydrogen-bond donors (Lipinski definition) is 0. The molecule has 9 rings (SSSR count). The number of fused-ring (bicyclic) bond motifs is 7. The normalized spacial score (nSPS) is 12.0. The quantitative estimate of drug-likeness (QED) is 0.191. The summed E-state index contributed by atoms with van der Waals surface area (Å²) in [5.74, 6) is 0. The minimum atomic E-state index is 1.26. The predicted octanol–water partition coefficient (Wildman–Crippen LogP) is 12.1. The van der Waals surface area contributed by atoms with Crippen LogP contribution in [0.1, 0.15) is 0 Å². The third-order valence-corrected chi connectivity index (χ3v) is 10.3. The average Bonchev–Trinajstić information content (AvgIpc) is 3.63. The van der Waals surface area contributed by atoms with Crippen LogP contribution < -0.4 is 0 Å². The molecule has 2 heterocycles. The minimum Gasteiger partial charge on any atom is -0.144 e. The Balaban J connectivity index is 1.50. The van der Waals surface area contributed by atoms with Gasteiger partial charge in [-0.2, -0.15) is 0 Å². The van der Waals surface area contributed by atoms with E-state index in [0.717, 1.165) is 0 Å². The van der Waals surface area contributed by atoms with Gasteiger partial charge in [0.1, 0.15) is 0 Å². The lowest BCUT2D eigenvalue weighted by Gasteiger charge is -2.19. The first-order valence-electron chi connectivity index (χ1n) is 13.6. The summed E-state index contributed by atoms with van der Waals surface area (Å²) in [5.41, 5.74) is 5.28. The zero-order valence-corrected chi connectivity index (χ0v) is 23.2. The first-order valence-corrected chi connectivity index (χ1v) is 15.3. The van der Waals surface area contributed by atoms with Crippen molar-refractivity contribution in [2.24, 2.45) is 0 Å². The summed E-state index contributed by atoms with van der Waals surface area (Å²) in [4.78, 5) is 0. The van der Waals surface area contributed by atoms with E-state index >= 15 is 0 Å². The van der Waals surface area contributed by atoms with Gasteiger partial charge in [-0.25, -0.2) is 0 Å². The van der Waals surface area contributed by atoms with Gasteiger partial charge >= 0.3 is 0 Å². The van der Waals surface area contributed by atoms with E-state index in [1.807, 2.05) is 22.7 Å². The lowest BCUT2D eigenvalue weighted by molar-refractivity contribution is 1.70. The SMILES string of the molecule is c1ccc2cc(-c3c4ccccc4c(-c4c5ccsc5cc5sc6ccccc6c45)c4ccccc34)ccc2c1. The van der Waals surface area contributed by atoms with Crippen LogP contribution in [0.2, 0.25) is 0 Å². The highest BCUT2D eigenvalue weighted by Gasteiger charge is 2.22. The second kappa shape index (κ2) is 8.50. The van der Waals surface area contributed by atoms with Crippen molar-refractivity contribution in [2.75, 3.05) is 0 Å². The molecule has 0 fully saturated rings. The van der Waals surface area contributed by atoms with Gasteiger partial charge in [-0.05, 0) is 78.7 Å². The molecule has 0 saturated carbocycles. The Morgan fingerprint density at radius 3 is 1.75 bits per heavy atom. The summed E-state index contributed by atoms with van der Waals surface area (Å²) in [7, 11) is 0. The highest BCUT2D eigenvalue weighted by Crippen LogP contribution is 2.51. The molecule has 0 aliphatic carbocycles. The molecule has 0 aliphatic rings. The van der Waals surface area contributed by atoms with Crippen molar-refractivity contribution in [1.29, 1.82) is 0 Å². The second-order valence-electron chi connectivity index (χ2n) is 10.5. The van der Waals surface area contributed by atoms with Crippen LogP contribution in [0.15, 0.2) is 133 Å². The molecule has 2 heteroatoms. The van der Waals surface area contributed by atoms with Crippen LogP contribution in [-0.4, -0.2) is 0 Å². The number of thiophene rings is 2. The van der Waals surface area contributed by atoms with Gasteiger partial charge in [-0.1, -0.05) is 103 Å². The topological polar surface area (TPSA) is 0 Å². The summed E-state index contributed by atoms with van der Waals surface area (Å²) in [5, 5.41) is 14.1. The van der Waals surface area contributed by atoms with Crippen molar-refractivity contribution in [2.45, 2.75) is 0 Å². The largest absolute Gasteiger partial charge is 0.144 e. The Kier molecular flexibility index (Phi) is 4.74. The van der Waals surface area contributed by atoms with Gasteiger partial charge in [0, 0.05) is 35.8 Å². The Labute approximate surface area is 239 Å². The molecule has 0 saturated heterocycles. The van der Waals surface area contributed by atoms with Gasteiger partial charge in [-0.3, -0.25) is 0 Å². The van der Waals surface area contributed by atoms with Crippen molar-refractivity contribution in [1.82, 2.24) is 0 Å². The molecule has 0 spiro atoms. The molecule has 0 N–H and O–H groups in total. The number of hydrogen-bond acceptors (Lipinski definition) is 2. The van der Waals surface area contributed by atoms with Crippen molar-refractivity contribution >= 4 is 85.2 Å². The molecular formula is C38H22S2. The summed E-state index contributed by atoms with van der Waals surface area (Å²) < 4.78 is 4.05. The fourth-order valence-electron chi connectivity index (χ4n) is 6.63. The molecule has 0 radical (unpaired) electrons. The van der Waals surface area contributed by atoms with Gasteiger partial charge in [0.25, 0.3) is 0 Å². The van der Waals surface area contributed by atoms with Crippen molar-refractivity contribution in [3.63, 3.8) is 0 Å². The molecule has 7 aromatic carbocycles. The summed E-state index contributed by atoms with van der Waals surface area (Å²) >= 11 is 3.75. The third kappa shape index (κ3) is 3.12. The maximum Gasteiger partial charge on any atom is 0.0376 e. The molecule has 2 aromatic heterocycles. The van der Waals surface area contributed by atoms with Crippen LogP contribution in [0, 0.1) is 0 Å². The summed E-state index contributed by atoms with van der Waals surface area (Å²) in [6.45, 7) is 0. The number of rotatable bonds is 2. The average molecular weight is 543 g/mol. The Bertz CT molecular complexity index is 2380. The Morgan fingerprint density at radius 1 is 0.375 bits per heavy atom. The van der Waals surface area contributed by atoms with Gasteiger partial charge in [-0.15, -0.1) is 22.7 Å². The standard InChI is InChI=1S/C38H22S2/c1-2-10-24-21-25(18-17-23(24)9-1)35-26-11-3-5-13-28(26)36(29-14-6-4-12-27(29)35)38-31-19-20-39-33(31)22-34-37(38)30-15-7-8-16-32(30)40-34/h1-22H. The molecule has 0 amide bonds. The highest BCUT2D eigenvalue weighted by molar-refractivity contribution is 7.26. The van der Waals surface area contributed by atoms with Gasteiger partial charge in [0.05, 0.1) is 0 Å². The smallest absolute Gasteiger partial charge is 0.0376 e. The van der Waals surface area contributed by atoms with Gasteiger partial charge in [0.15, 0.2) is 0 Å². The van der Waals surface area contributed by atoms with E-state index in [-0.39, 0.29) is 0 Å². The lowest BCUT2D eigenvalue weighted by atomic mass is 9.84. The van der Waals surface area contributed by atoms with E-state index in [2.05, 4.69) is 133 Å². The van der Waals surface area contributed by atoms with E-state index in [4.69, 9.17) is 0 Å². The summed E-state index contributed by atoms with van der Waals surface area (Å²) in [6, 6.07) is 47.2. The van der Waals surface area contributed by atoms with Gasteiger partial charge < -0.3 is 0 Å². The molecule has 0 nitrogen and oxygen atoms in total. The molecule has 0 unspecified atom stereocenters. The van der Waals surface area contributed by atoms with E-state index in [1.165, 1.54) is 84.8 Å². The van der Waals surface area contributed by atoms with Crippen LogP contribution in [0.4, 0.5) is 0 Å². The molecular weight excluding hydrogens is 521 g/mol. The molecule has 40 heavy (non-hydrogen) atoms. The van der Waals surface area contributed by atoms with E-state index in [1.54, 1.807) is 0 Å². The molecule has 0 aliphatic heterocycles. The molecule has 0 atom stereocenters. The lowest BCUT2D eigenvalue weighted by Crippen LogP contribution is -1.92. The monoisotopic (exact) mass is 542 g/mol. The maximum absolute atomic E-state index is 2.40. The van der Waals surface area contributed by atoms with Crippen LogP contribution in [0.25, 0.3) is 84.8 Å². The van der Waals surface area contributed by atoms with Gasteiger partial charge in [0.2, 0.25) is 0 Å². The maximum atomic E-state index is 2.40. The first kappa shape index (κ1) is 22.3. The molecule has 186 valence electrons. The number of benzene rings is 7. The highest BCUT2D eigenvalue weighted by atomic mass is 32.1. The fourth-order valence-corrected chi connectivity index (χ4v) is 8.69. The van der Waals surface area contributed by atoms with E-state index < -0.39 is 0 Å². The fraction of sp³-hybridized carbons (Fsp3) is 0. The predicted molar refractivity (Wildman–Crippen MR) is 178 cm³/mol. The Hall–Kier alpha value is -4.50. The van der Waals surface area contributed by atoms with Crippen LogP contribution >= 0.6 is 22.7 Å². The zero-order chi connectivity index (χ0) is 26.2. The summed E-state index contributed by atoms with van der Waals surface area (Å²) in [6.07, 6.45) is 0. The van der Waals surface area contributed by atoms with Crippen LogP contribution in [0.3, 0.4) is 0 Å². The molecule has 9 aromatic rings. The molecule has 0 bridgehead atoms. The van der Waals surface area contributed by atoms with Crippen molar-refractivity contribution < 1.29 is 0 Å². The third-order valence-electron chi connectivity index (χ3n) is 8.32.